The summed E-state index contributed by atoms with van der Waals surface area (Å²) in [5.41, 5.74) is 0. The van der Waals surface area contributed by atoms with E-state index in [1.165, 1.54) is 0 Å². The number of nitrogens with zero attached hydrogens (tertiary/aromatic N) is 4. The van der Waals surface area contributed by atoms with Crippen LogP contribution in [0.3, 0.4) is 0 Å². The van der Waals surface area contributed by atoms with Crippen molar-refractivity contribution < 1.29 is 0 Å². The first-order valence-electron chi connectivity index (χ1n) is 5.24. The number of guanidine groups is 2. The quantitative estimate of drug-likeness (QED) is 0.535. The fraction of sp³-hybridized carbons (Fsp3) is 0.800. The maximum Gasteiger partial charge on any atom is 0.221 e. The normalized spacial score (nSPS) is 10.9. The van der Waals surface area contributed by atoms with Gasteiger partial charge in [0.05, 0.1) is 0 Å². The van der Waals surface area contributed by atoms with Gasteiger partial charge in [-0.05, 0) is 13.8 Å². The molecule has 5 heteroatoms. The summed E-state index contributed by atoms with van der Waals surface area (Å²) in [6.45, 7) is 5.60. The molecular formula is C10H23N5. The van der Waals surface area contributed by atoms with Crippen LogP contribution in [0.15, 0.2) is 9.98 Å². The van der Waals surface area contributed by atoms with Gasteiger partial charge in [0.1, 0.15) is 0 Å². The number of nitrogens with one attached hydrogen (secondary N) is 1. The molecule has 1 N–H and O–H groups in total. The van der Waals surface area contributed by atoms with Gasteiger partial charge in [0.25, 0.3) is 0 Å². The van der Waals surface area contributed by atoms with Crippen molar-refractivity contribution in [3.63, 3.8) is 0 Å². The van der Waals surface area contributed by atoms with E-state index >= 15 is 0 Å². The van der Waals surface area contributed by atoms with E-state index in [1.54, 1.807) is 0 Å². The standard InChI is InChI=1S/C10H23N5/c1-7-11-9(12-8-2)13-10(14(3)4)15(5)6/h7-8H2,1-6H3,(H,11,12). The van der Waals surface area contributed by atoms with Crippen LogP contribution < -0.4 is 5.32 Å². The Bertz CT molecular complexity index is 220. The molecule has 0 aromatic rings. The summed E-state index contributed by atoms with van der Waals surface area (Å²) in [6.07, 6.45) is 0. The lowest BCUT2D eigenvalue weighted by molar-refractivity contribution is 0.484. The van der Waals surface area contributed by atoms with Gasteiger partial charge in [0.15, 0.2) is 0 Å². The Morgan fingerprint density at radius 1 is 1.07 bits per heavy atom. The van der Waals surface area contributed by atoms with Crippen LogP contribution >= 0.6 is 0 Å². The molecule has 0 fully saturated rings. The smallest absolute Gasteiger partial charge is 0.221 e. The van der Waals surface area contributed by atoms with Gasteiger partial charge in [-0.2, -0.15) is 4.99 Å². The summed E-state index contributed by atoms with van der Waals surface area (Å²) in [4.78, 5) is 12.7. The van der Waals surface area contributed by atoms with E-state index in [0.717, 1.165) is 19.0 Å². The predicted molar refractivity (Wildman–Crippen MR) is 66.5 cm³/mol. The summed E-state index contributed by atoms with van der Waals surface area (Å²) in [5.74, 6) is 1.57. The van der Waals surface area contributed by atoms with Gasteiger partial charge < -0.3 is 15.1 Å². The average molecular weight is 213 g/mol. The minimum Gasteiger partial charge on any atom is -0.355 e. The molecule has 0 rings (SSSR count). The lowest BCUT2D eigenvalue weighted by Crippen LogP contribution is -2.37. The van der Waals surface area contributed by atoms with Gasteiger partial charge in [-0.3, -0.25) is 4.99 Å². The van der Waals surface area contributed by atoms with Crippen molar-refractivity contribution in [3.05, 3.63) is 0 Å². The maximum atomic E-state index is 4.46. The molecule has 0 aromatic carbocycles. The molecule has 0 saturated heterocycles. The number of hydrogen-bond donors (Lipinski definition) is 1. The Kier molecular flexibility index (Phi) is 6.49. The van der Waals surface area contributed by atoms with Crippen molar-refractivity contribution in [1.29, 1.82) is 0 Å². The molecule has 0 radical (unpaired) electrons. The molecule has 0 aromatic heterocycles. The van der Waals surface area contributed by atoms with Gasteiger partial charge >= 0.3 is 0 Å². The highest BCUT2D eigenvalue weighted by Crippen LogP contribution is 1.90. The molecule has 0 unspecified atom stereocenters. The Labute approximate surface area is 92.9 Å². The zero-order chi connectivity index (χ0) is 11.8. The lowest BCUT2D eigenvalue weighted by Gasteiger charge is -2.22. The first kappa shape index (κ1) is 13.7. The molecule has 0 aliphatic carbocycles. The van der Waals surface area contributed by atoms with Crippen molar-refractivity contribution in [2.75, 3.05) is 41.3 Å². The van der Waals surface area contributed by atoms with E-state index in [4.69, 9.17) is 0 Å². The molecule has 0 spiro atoms. The molecular weight excluding hydrogens is 190 g/mol. The topological polar surface area (TPSA) is 43.2 Å². The molecule has 0 aliphatic heterocycles. The molecule has 0 atom stereocenters. The molecule has 15 heavy (non-hydrogen) atoms. The van der Waals surface area contributed by atoms with Crippen molar-refractivity contribution in [3.8, 4) is 0 Å². The van der Waals surface area contributed by atoms with Crippen molar-refractivity contribution in [2.45, 2.75) is 13.8 Å². The molecule has 0 heterocycles. The molecule has 0 bridgehead atoms. The Hall–Kier alpha value is -1.26. The molecule has 0 saturated carbocycles. The highest BCUT2D eigenvalue weighted by atomic mass is 15.4. The summed E-state index contributed by atoms with van der Waals surface area (Å²) in [6, 6.07) is 0. The van der Waals surface area contributed by atoms with Gasteiger partial charge in [-0.1, -0.05) is 0 Å². The maximum absolute atomic E-state index is 4.46. The Morgan fingerprint density at radius 3 is 1.93 bits per heavy atom. The monoisotopic (exact) mass is 213 g/mol. The SMILES string of the molecule is CC/N=C(\N=C(N(C)C)N(C)C)NCC. The predicted octanol–water partition coefficient (Wildman–Crippen LogP) is 0.451. The van der Waals surface area contributed by atoms with Crippen LogP contribution in [0.4, 0.5) is 0 Å². The van der Waals surface area contributed by atoms with Crippen LogP contribution in [0.2, 0.25) is 0 Å². The fourth-order valence-corrected chi connectivity index (χ4v) is 1.13. The van der Waals surface area contributed by atoms with E-state index in [0.29, 0.717) is 5.96 Å². The molecule has 0 amide bonds. The van der Waals surface area contributed by atoms with Crippen LogP contribution in [-0.4, -0.2) is 63.0 Å². The van der Waals surface area contributed by atoms with Crippen molar-refractivity contribution in [2.24, 2.45) is 9.98 Å². The highest BCUT2D eigenvalue weighted by Gasteiger charge is 2.05. The van der Waals surface area contributed by atoms with E-state index in [2.05, 4.69) is 15.3 Å². The van der Waals surface area contributed by atoms with Crippen molar-refractivity contribution in [1.82, 2.24) is 15.1 Å². The number of rotatable bonds is 2. The van der Waals surface area contributed by atoms with Crippen LogP contribution in [0.5, 0.6) is 0 Å². The number of hydrogen-bond acceptors (Lipinski definition) is 1. The third kappa shape index (κ3) is 5.24. The van der Waals surface area contributed by atoms with Gasteiger partial charge in [-0.15, -0.1) is 0 Å². The van der Waals surface area contributed by atoms with Gasteiger partial charge in [-0.25, -0.2) is 0 Å². The zero-order valence-electron chi connectivity index (χ0n) is 10.7. The summed E-state index contributed by atoms with van der Waals surface area (Å²) < 4.78 is 0. The van der Waals surface area contributed by atoms with E-state index in [1.807, 2.05) is 51.8 Å². The average Bonchev–Trinajstić information content (AvgIpc) is 2.13. The van der Waals surface area contributed by atoms with Crippen molar-refractivity contribution >= 4 is 11.9 Å². The first-order valence-corrected chi connectivity index (χ1v) is 5.24. The highest BCUT2D eigenvalue weighted by molar-refractivity contribution is 5.94. The van der Waals surface area contributed by atoms with E-state index < -0.39 is 0 Å². The Balaban J connectivity index is 4.82. The second kappa shape index (κ2) is 7.09. The largest absolute Gasteiger partial charge is 0.355 e. The van der Waals surface area contributed by atoms with Gasteiger partial charge in [0.2, 0.25) is 11.9 Å². The van der Waals surface area contributed by atoms with Gasteiger partial charge in [0, 0.05) is 41.3 Å². The van der Waals surface area contributed by atoms with Crippen LogP contribution in [-0.2, 0) is 0 Å². The lowest BCUT2D eigenvalue weighted by atomic mass is 10.6. The second-order valence-electron chi connectivity index (χ2n) is 3.53. The second-order valence-corrected chi connectivity index (χ2v) is 3.53. The first-order chi connectivity index (χ1) is 7.02. The summed E-state index contributed by atoms with van der Waals surface area (Å²) >= 11 is 0. The third-order valence-electron chi connectivity index (χ3n) is 1.65. The summed E-state index contributed by atoms with van der Waals surface area (Å²) in [7, 11) is 7.87. The zero-order valence-corrected chi connectivity index (χ0v) is 10.7. The Morgan fingerprint density at radius 2 is 1.60 bits per heavy atom. The molecule has 88 valence electrons. The third-order valence-corrected chi connectivity index (χ3v) is 1.65. The molecule has 0 aliphatic rings. The fourth-order valence-electron chi connectivity index (χ4n) is 1.13. The van der Waals surface area contributed by atoms with Crippen LogP contribution in [0, 0.1) is 0 Å². The minimum atomic E-state index is 0.692. The molecule has 5 nitrogen and oxygen atoms in total. The number of aliphatic imine (C=N–C) groups is 2. The minimum absolute atomic E-state index is 0.692. The van der Waals surface area contributed by atoms with Crippen LogP contribution in [0.25, 0.3) is 0 Å². The van der Waals surface area contributed by atoms with E-state index in [-0.39, 0.29) is 0 Å². The summed E-state index contributed by atoms with van der Waals surface area (Å²) in [5, 5.41) is 3.13. The van der Waals surface area contributed by atoms with E-state index in [9.17, 15) is 0 Å². The van der Waals surface area contributed by atoms with Crippen LogP contribution in [0.1, 0.15) is 13.8 Å².